The standard InChI is InChI=1S/C19H24ClN3O4S2/c1-13(19(24)21-16-12-14(20)5-6-17(16)27-2)23-9-7-15(8-10-23)22-29(25,26)18-4-3-11-28-18/h3-6,11-13,15,22H,7-10H2,1-2H3,(H,21,24)/t13-/m0/s1. The highest BCUT2D eigenvalue weighted by atomic mass is 35.5. The highest BCUT2D eigenvalue weighted by Crippen LogP contribution is 2.28. The molecule has 3 rings (SSSR count). The molecule has 1 amide bonds. The van der Waals surface area contributed by atoms with Crippen LogP contribution in [0.25, 0.3) is 0 Å². The van der Waals surface area contributed by atoms with E-state index in [1.54, 1.807) is 35.7 Å². The quantitative estimate of drug-likeness (QED) is 0.666. The van der Waals surface area contributed by atoms with Gasteiger partial charge in [0.05, 0.1) is 18.8 Å². The van der Waals surface area contributed by atoms with Gasteiger partial charge in [-0.25, -0.2) is 13.1 Å². The molecule has 1 fully saturated rings. The summed E-state index contributed by atoms with van der Waals surface area (Å²) in [4.78, 5) is 14.7. The molecule has 0 spiro atoms. The van der Waals surface area contributed by atoms with Crippen molar-refractivity contribution < 1.29 is 17.9 Å². The van der Waals surface area contributed by atoms with Crippen LogP contribution in [0.4, 0.5) is 5.69 Å². The summed E-state index contributed by atoms with van der Waals surface area (Å²) in [6, 6.07) is 7.86. The Morgan fingerprint density at radius 2 is 2.03 bits per heavy atom. The van der Waals surface area contributed by atoms with Gasteiger partial charge in [0.2, 0.25) is 15.9 Å². The third-order valence-electron chi connectivity index (χ3n) is 4.96. The predicted molar refractivity (Wildman–Crippen MR) is 115 cm³/mol. The number of ether oxygens (including phenoxy) is 1. The first-order valence-electron chi connectivity index (χ1n) is 9.24. The molecule has 2 aromatic rings. The number of rotatable bonds is 7. The first kappa shape index (κ1) is 22.0. The van der Waals surface area contributed by atoms with Gasteiger partial charge in [0.25, 0.3) is 0 Å². The van der Waals surface area contributed by atoms with E-state index >= 15 is 0 Å². The van der Waals surface area contributed by atoms with Gasteiger partial charge in [-0.3, -0.25) is 9.69 Å². The molecule has 1 aromatic carbocycles. The predicted octanol–water partition coefficient (Wildman–Crippen LogP) is 3.18. The van der Waals surface area contributed by atoms with Gasteiger partial charge in [-0.1, -0.05) is 17.7 Å². The van der Waals surface area contributed by atoms with Crippen LogP contribution < -0.4 is 14.8 Å². The highest BCUT2D eigenvalue weighted by Gasteiger charge is 2.29. The number of sulfonamides is 1. The molecule has 0 radical (unpaired) electrons. The van der Waals surface area contributed by atoms with Gasteiger partial charge >= 0.3 is 0 Å². The van der Waals surface area contributed by atoms with E-state index in [1.807, 2.05) is 11.8 Å². The van der Waals surface area contributed by atoms with Crippen LogP contribution in [0.2, 0.25) is 5.02 Å². The summed E-state index contributed by atoms with van der Waals surface area (Å²) in [5, 5.41) is 5.12. The number of likely N-dealkylation sites (tertiary alicyclic amines) is 1. The van der Waals surface area contributed by atoms with Crippen molar-refractivity contribution in [1.29, 1.82) is 0 Å². The smallest absolute Gasteiger partial charge is 0.250 e. The lowest BCUT2D eigenvalue weighted by Crippen LogP contribution is -2.50. The molecule has 0 saturated carbocycles. The number of carbonyl (C=O) groups is 1. The van der Waals surface area contributed by atoms with Gasteiger partial charge in [-0.05, 0) is 49.4 Å². The first-order chi connectivity index (χ1) is 13.8. The minimum atomic E-state index is -3.48. The van der Waals surface area contributed by atoms with Crippen LogP contribution in [-0.4, -0.2) is 51.5 Å². The number of nitrogens with zero attached hydrogens (tertiary/aromatic N) is 1. The number of piperidine rings is 1. The molecule has 1 aromatic heterocycles. The van der Waals surface area contributed by atoms with Gasteiger partial charge in [-0.2, -0.15) is 0 Å². The zero-order valence-electron chi connectivity index (χ0n) is 16.2. The van der Waals surface area contributed by atoms with Crippen LogP contribution in [0.1, 0.15) is 19.8 Å². The van der Waals surface area contributed by atoms with E-state index in [9.17, 15) is 13.2 Å². The number of nitrogens with one attached hydrogen (secondary N) is 2. The van der Waals surface area contributed by atoms with Gasteiger partial charge in [0, 0.05) is 24.2 Å². The second kappa shape index (κ2) is 9.44. The van der Waals surface area contributed by atoms with Gasteiger partial charge in [0.15, 0.2) is 0 Å². The van der Waals surface area contributed by atoms with E-state index in [4.69, 9.17) is 16.3 Å². The average Bonchev–Trinajstić information content (AvgIpc) is 3.24. The molecule has 1 saturated heterocycles. The Morgan fingerprint density at radius 3 is 2.66 bits per heavy atom. The van der Waals surface area contributed by atoms with Crippen molar-refractivity contribution >= 4 is 44.6 Å². The molecule has 10 heteroatoms. The Hall–Kier alpha value is -1.65. The fraction of sp³-hybridized carbons (Fsp3) is 0.421. The molecule has 1 atom stereocenters. The lowest BCUT2D eigenvalue weighted by molar-refractivity contribution is -0.121. The molecule has 2 heterocycles. The third-order valence-corrected chi connectivity index (χ3v) is 8.11. The van der Waals surface area contributed by atoms with E-state index in [0.29, 0.717) is 46.6 Å². The fourth-order valence-corrected chi connectivity index (χ4v) is 5.77. The number of hydrogen-bond donors (Lipinski definition) is 2. The monoisotopic (exact) mass is 457 g/mol. The Bertz CT molecular complexity index is 942. The van der Waals surface area contributed by atoms with Crippen LogP contribution in [0, 0.1) is 0 Å². The fourth-order valence-electron chi connectivity index (χ4n) is 3.28. The van der Waals surface area contributed by atoms with Crippen molar-refractivity contribution in [3.05, 3.63) is 40.7 Å². The molecule has 7 nitrogen and oxygen atoms in total. The minimum Gasteiger partial charge on any atom is -0.495 e. The number of amides is 1. The maximum atomic E-state index is 12.7. The second-order valence-corrected chi connectivity index (χ2v) is 10.2. The van der Waals surface area contributed by atoms with E-state index in [-0.39, 0.29) is 18.0 Å². The minimum absolute atomic E-state index is 0.137. The van der Waals surface area contributed by atoms with Crippen molar-refractivity contribution in [2.45, 2.75) is 36.1 Å². The van der Waals surface area contributed by atoms with Crippen LogP contribution >= 0.6 is 22.9 Å². The molecule has 1 aliphatic heterocycles. The summed E-state index contributed by atoms with van der Waals surface area (Å²) in [6.07, 6.45) is 1.28. The normalized spacial score (nSPS) is 17.1. The molecule has 0 unspecified atom stereocenters. The number of thiophene rings is 1. The van der Waals surface area contributed by atoms with Crippen LogP contribution in [0.3, 0.4) is 0 Å². The first-order valence-corrected chi connectivity index (χ1v) is 12.0. The summed E-state index contributed by atoms with van der Waals surface area (Å²) in [7, 11) is -1.95. The summed E-state index contributed by atoms with van der Waals surface area (Å²) >= 11 is 7.22. The summed E-state index contributed by atoms with van der Waals surface area (Å²) in [6.45, 7) is 3.08. The van der Waals surface area contributed by atoms with E-state index in [0.717, 1.165) is 0 Å². The van der Waals surface area contributed by atoms with Gasteiger partial charge < -0.3 is 10.1 Å². The van der Waals surface area contributed by atoms with Crippen molar-refractivity contribution in [3.63, 3.8) is 0 Å². The van der Waals surface area contributed by atoms with E-state index in [1.165, 1.54) is 18.4 Å². The molecule has 0 bridgehead atoms. The Kier molecular flexibility index (Phi) is 7.18. The van der Waals surface area contributed by atoms with Crippen molar-refractivity contribution in [3.8, 4) is 5.75 Å². The number of halogens is 1. The maximum Gasteiger partial charge on any atom is 0.250 e. The molecular formula is C19H24ClN3O4S2. The molecule has 2 N–H and O–H groups in total. The topological polar surface area (TPSA) is 87.7 Å². The summed E-state index contributed by atoms with van der Waals surface area (Å²) < 4.78 is 33.1. The van der Waals surface area contributed by atoms with Crippen LogP contribution in [-0.2, 0) is 14.8 Å². The number of methoxy groups -OCH3 is 1. The number of anilines is 1. The largest absolute Gasteiger partial charge is 0.495 e. The lowest BCUT2D eigenvalue weighted by Gasteiger charge is -2.35. The van der Waals surface area contributed by atoms with Crippen molar-refractivity contribution in [2.75, 3.05) is 25.5 Å². The zero-order valence-corrected chi connectivity index (χ0v) is 18.6. The van der Waals surface area contributed by atoms with Crippen LogP contribution in [0.5, 0.6) is 5.75 Å². The Labute approximate surface area is 180 Å². The Balaban J connectivity index is 1.55. The number of hydrogen-bond acceptors (Lipinski definition) is 6. The van der Waals surface area contributed by atoms with Gasteiger partial charge in [-0.15, -0.1) is 11.3 Å². The molecular weight excluding hydrogens is 434 g/mol. The third kappa shape index (κ3) is 5.49. The lowest BCUT2D eigenvalue weighted by atomic mass is 10.0. The van der Waals surface area contributed by atoms with E-state index < -0.39 is 10.0 Å². The number of benzene rings is 1. The maximum absolute atomic E-state index is 12.7. The van der Waals surface area contributed by atoms with Crippen LogP contribution in [0.15, 0.2) is 39.9 Å². The highest BCUT2D eigenvalue weighted by molar-refractivity contribution is 7.91. The molecule has 0 aliphatic carbocycles. The number of carbonyl (C=O) groups excluding carboxylic acids is 1. The Morgan fingerprint density at radius 1 is 1.31 bits per heavy atom. The second-order valence-electron chi connectivity index (χ2n) is 6.87. The van der Waals surface area contributed by atoms with E-state index in [2.05, 4.69) is 10.0 Å². The molecule has 29 heavy (non-hydrogen) atoms. The zero-order chi connectivity index (χ0) is 21.0. The van der Waals surface area contributed by atoms with Gasteiger partial charge in [0.1, 0.15) is 9.96 Å². The molecule has 1 aliphatic rings. The summed E-state index contributed by atoms with van der Waals surface area (Å²) in [5.41, 5.74) is 0.524. The average molecular weight is 458 g/mol. The summed E-state index contributed by atoms with van der Waals surface area (Å²) in [5.74, 6) is 0.375. The van der Waals surface area contributed by atoms with Crippen molar-refractivity contribution in [2.24, 2.45) is 0 Å². The SMILES string of the molecule is COc1ccc(Cl)cc1NC(=O)[C@H](C)N1CCC(NS(=O)(=O)c2cccs2)CC1. The van der Waals surface area contributed by atoms with Crippen molar-refractivity contribution in [1.82, 2.24) is 9.62 Å². The molecule has 158 valence electrons.